The Morgan fingerprint density at radius 3 is 2.82 bits per heavy atom. The summed E-state index contributed by atoms with van der Waals surface area (Å²) in [7, 11) is 0. The molecule has 0 bridgehead atoms. The maximum atomic E-state index is 11.9. The third-order valence-electron chi connectivity index (χ3n) is 2.09. The van der Waals surface area contributed by atoms with E-state index in [1.54, 1.807) is 6.20 Å². The number of rotatable bonds is 2. The zero-order chi connectivity index (χ0) is 12.4. The van der Waals surface area contributed by atoms with Crippen LogP contribution in [0.25, 0.3) is 0 Å². The first-order valence-corrected chi connectivity index (χ1v) is 5.47. The van der Waals surface area contributed by atoms with Gasteiger partial charge in [0.2, 0.25) is 0 Å². The molecule has 0 aliphatic rings. The number of aromatic amines is 1. The molecule has 5 nitrogen and oxygen atoms in total. The molecule has 2 aromatic heterocycles. The van der Waals surface area contributed by atoms with Crippen molar-refractivity contribution in [2.45, 2.75) is 6.92 Å². The van der Waals surface area contributed by atoms with E-state index in [4.69, 9.17) is 23.2 Å². The summed E-state index contributed by atoms with van der Waals surface area (Å²) in [6.45, 7) is 1.81. The fraction of sp³-hybridized carbons (Fsp3) is 0.100. The molecule has 0 aliphatic heterocycles. The van der Waals surface area contributed by atoms with Gasteiger partial charge in [0, 0.05) is 5.56 Å². The van der Waals surface area contributed by atoms with Gasteiger partial charge in [-0.3, -0.25) is 9.89 Å². The summed E-state index contributed by atoms with van der Waals surface area (Å²) in [6, 6.07) is 3.04. The Labute approximate surface area is 107 Å². The van der Waals surface area contributed by atoms with Crippen LogP contribution in [0.15, 0.2) is 18.3 Å². The normalized spacial score (nSPS) is 10.3. The van der Waals surface area contributed by atoms with Gasteiger partial charge in [0.15, 0.2) is 0 Å². The van der Waals surface area contributed by atoms with E-state index in [0.717, 1.165) is 5.56 Å². The van der Waals surface area contributed by atoms with Gasteiger partial charge in [0.1, 0.15) is 16.7 Å². The number of aromatic nitrogens is 3. The molecule has 0 unspecified atom stereocenters. The van der Waals surface area contributed by atoms with Gasteiger partial charge in [0.05, 0.1) is 11.2 Å². The number of carbonyl (C=O) groups is 1. The molecule has 2 heterocycles. The van der Waals surface area contributed by atoms with Crippen LogP contribution in [0.3, 0.4) is 0 Å². The van der Waals surface area contributed by atoms with E-state index in [0.29, 0.717) is 5.82 Å². The van der Waals surface area contributed by atoms with Crippen molar-refractivity contribution in [1.82, 2.24) is 15.2 Å². The summed E-state index contributed by atoms with van der Waals surface area (Å²) in [5, 5.41) is 9.50. The van der Waals surface area contributed by atoms with Crippen LogP contribution in [-0.2, 0) is 0 Å². The summed E-state index contributed by atoms with van der Waals surface area (Å²) in [5.41, 5.74) is 0.893. The van der Waals surface area contributed by atoms with Crippen molar-refractivity contribution >= 4 is 34.9 Å². The highest BCUT2D eigenvalue weighted by molar-refractivity contribution is 6.35. The van der Waals surface area contributed by atoms with Gasteiger partial charge in [0.25, 0.3) is 5.91 Å². The molecular formula is C10H8Cl2N4O. The van der Waals surface area contributed by atoms with Gasteiger partial charge in [-0.05, 0) is 19.1 Å². The number of anilines is 1. The SMILES string of the molecule is Cc1cn[nH]c1NC(=O)c1nc(Cl)ccc1Cl. The van der Waals surface area contributed by atoms with Gasteiger partial charge in [-0.25, -0.2) is 4.98 Å². The second-order valence-corrected chi connectivity index (χ2v) is 4.14. The summed E-state index contributed by atoms with van der Waals surface area (Å²) in [5.74, 6) is 0.0673. The number of H-pyrrole nitrogens is 1. The highest BCUT2D eigenvalue weighted by Gasteiger charge is 2.14. The number of aryl methyl sites for hydroxylation is 1. The van der Waals surface area contributed by atoms with Crippen LogP contribution in [0.2, 0.25) is 10.2 Å². The fourth-order valence-electron chi connectivity index (χ4n) is 1.22. The quantitative estimate of drug-likeness (QED) is 0.825. The molecule has 0 spiro atoms. The lowest BCUT2D eigenvalue weighted by Crippen LogP contribution is -2.15. The van der Waals surface area contributed by atoms with Crippen molar-refractivity contribution in [2.24, 2.45) is 0 Å². The molecule has 2 rings (SSSR count). The molecule has 0 radical (unpaired) electrons. The Bertz CT molecular complexity index is 567. The molecule has 0 saturated carbocycles. The smallest absolute Gasteiger partial charge is 0.277 e. The minimum absolute atomic E-state index is 0.0770. The second-order valence-electron chi connectivity index (χ2n) is 3.35. The molecule has 0 atom stereocenters. The number of carbonyl (C=O) groups excluding carboxylic acids is 1. The van der Waals surface area contributed by atoms with E-state index in [1.807, 2.05) is 6.92 Å². The van der Waals surface area contributed by atoms with Crippen molar-refractivity contribution < 1.29 is 4.79 Å². The lowest BCUT2D eigenvalue weighted by molar-refractivity contribution is 0.102. The topological polar surface area (TPSA) is 70.7 Å². The van der Waals surface area contributed by atoms with Gasteiger partial charge >= 0.3 is 0 Å². The number of halogens is 2. The monoisotopic (exact) mass is 270 g/mol. The van der Waals surface area contributed by atoms with Gasteiger partial charge < -0.3 is 5.32 Å². The Kier molecular flexibility index (Phi) is 3.31. The lowest BCUT2D eigenvalue weighted by Gasteiger charge is -2.05. The Hall–Kier alpha value is -1.59. The molecule has 0 fully saturated rings. The van der Waals surface area contributed by atoms with E-state index >= 15 is 0 Å². The van der Waals surface area contributed by atoms with Crippen LogP contribution in [0.5, 0.6) is 0 Å². The molecule has 0 aliphatic carbocycles. The Balaban J connectivity index is 2.26. The first-order chi connectivity index (χ1) is 8.08. The fourth-order valence-corrected chi connectivity index (χ4v) is 1.56. The van der Waals surface area contributed by atoms with Crippen molar-refractivity contribution in [3.8, 4) is 0 Å². The van der Waals surface area contributed by atoms with Crippen molar-refractivity contribution in [3.05, 3.63) is 39.8 Å². The van der Waals surface area contributed by atoms with Crippen molar-refractivity contribution in [2.75, 3.05) is 5.32 Å². The molecule has 0 saturated heterocycles. The van der Waals surface area contributed by atoms with E-state index < -0.39 is 5.91 Å². The summed E-state index contributed by atoms with van der Waals surface area (Å²) >= 11 is 11.6. The molecule has 7 heteroatoms. The third kappa shape index (κ3) is 2.57. The van der Waals surface area contributed by atoms with Gasteiger partial charge in [-0.15, -0.1) is 0 Å². The predicted octanol–water partition coefficient (Wildman–Crippen LogP) is 2.67. The molecule has 1 amide bonds. The first kappa shape index (κ1) is 11.9. The average molecular weight is 271 g/mol. The second kappa shape index (κ2) is 4.73. The molecule has 0 aromatic carbocycles. The number of nitrogens with one attached hydrogen (secondary N) is 2. The third-order valence-corrected chi connectivity index (χ3v) is 2.61. The lowest BCUT2D eigenvalue weighted by atomic mass is 10.3. The number of pyridine rings is 1. The Morgan fingerprint density at radius 2 is 2.18 bits per heavy atom. The van der Waals surface area contributed by atoms with Gasteiger partial charge in [-0.2, -0.15) is 5.10 Å². The van der Waals surface area contributed by atoms with Crippen LogP contribution in [-0.4, -0.2) is 21.1 Å². The molecular weight excluding hydrogens is 263 g/mol. The minimum atomic E-state index is -0.440. The highest BCUT2D eigenvalue weighted by atomic mass is 35.5. The van der Waals surface area contributed by atoms with Crippen LogP contribution in [0, 0.1) is 6.92 Å². The summed E-state index contributed by atoms with van der Waals surface area (Å²) < 4.78 is 0. The van der Waals surface area contributed by atoms with Crippen molar-refractivity contribution in [3.63, 3.8) is 0 Å². The average Bonchev–Trinajstić information content (AvgIpc) is 2.68. The molecule has 17 heavy (non-hydrogen) atoms. The summed E-state index contributed by atoms with van der Waals surface area (Å²) in [4.78, 5) is 15.7. The first-order valence-electron chi connectivity index (χ1n) is 4.71. The largest absolute Gasteiger partial charge is 0.305 e. The maximum absolute atomic E-state index is 11.9. The van der Waals surface area contributed by atoms with E-state index in [9.17, 15) is 4.79 Å². The summed E-state index contributed by atoms with van der Waals surface area (Å²) in [6.07, 6.45) is 1.60. The van der Waals surface area contributed by atoms with E-state index in [2.05, 4.69) is 20.5 Å². The van der Waals surface area contributed by atoms with E-state index in [-0.39, 0.29) is 15.9 Å². The van der Waals surface area contributed by atoms with Crippen LogP contribution in [0.1, 0.15) is 16.1 Å². The Morgan fingerprint density at radius 1 is 1.41 bits per heavy atom. The number of nitrogens with zero attached hydrogens (tertiary/aromatic N) is 2. The van der Waals surface area contributed by atoms with Crippen molar-refractivity contribution in [1.29, 1.82) is 0 Å². The van der Waals surface area contributed by atoms with Crippen LogP contribution < -0.4 is 5.32 Å². The minimum Gasteiger partial charge on any atom is -0.305 e. The maximum Gasteiger partial charge on any atom is 0.277 e. The standard InChI is InChI=1S/C10H8Cl2N4O/c1-5-4-13-16-9(5)15-10(17)8-6(11)2-3-7(12)14-8/h2-4H,1H3,(H2,13,15,16,17). The van der Waals surface area contributed by atoms with Crippen LogP contribution >= 0.6 is 23.2 Å². The molecule has 2 N–H and O–H groups in total. The highest BCUT2D eigenvalue weighted by Crippen LogP contribution is 2.18. The molecule has 2 aromatic rings. The van der Waals surface area contributed by atoms with Gasteiger partial charge in [-0.1, -0.05) is 23.2 Å². The predicted molar refractivity (Wildman–Crippen MR) is 65.5 cm³/mol. The molecule has 88 valence electrons. The van der Waals surface area contributed by atoms with E-state index in [1.165, 1.54) is 12.1 Å². The number of hydrogen-bond donors (Lipinski definition) is 2. The number of amides is 1. The van der Waals surface area contributed by atoms with Crippen LogP contribution in [0.4, 0.5) is 5.82 Å². The zero-order valence-corrected chi connectivity index (χ0v) is 10.3. The zero-order valence-electron chi connectivity index (χ0n) is 8.79. The number of hydrogen-bond acceptors (Lipinski definition) is 3.